The lowest BCUT2D eigenvalue weighted by Crippen LogP contribution is -2.56. The monoisotopic (exact) mass is 301 g/mol. The van der Waals surface area contributed by atoms with Crippen molar-refractivity contribution in [2.75, 3.05) is 0 Å². The standard InChI is InChI=1S/C19H27NO2/c1-18-7-5-12(21)9-11(18)10-15(20)17-13-3-4-16(22)19(13,2)8-6-14(17)18/h3-5,7,10,12-17,21-22H,6,8-9,20H2,1-2H3/t12-,13-,14-,15-,16-,17-,18-,19-/m0/s1. The Morgan fingerprint density at radius 1 is 1.18 bits per heavy atom. The fourth-order valence-corrected chi connectivity index (χ4v) is 5.74. The average Bonchev–Trinajstić information content (AvgIpc) is 2.77. The molecule has 3 nitrogen and oxygen atoms in total. The van der Waals surface area contributed by atoms with E-state index in [4.69, 9.17) is 5.73 Å². The van der Waals surface area contributed by atoms with Crippen LogP contribution in [0, 0.1) is 28.6 Å². The third kappa shape index (κ3) is 1.73. The van der Waals surface area contributed by atoms with E-state index in [-0.39, 0.29) is 29.1 Å². The molecule has 1 saturated carbocycles. The van der Waals surface area contributed by atoms with E-state index in [0.717, 1.165) is 12.8 Å². The predicted octanol–water partition coefficient (Wildman–Crippen LogP) is 2.16. The van der Waals surface area contributed by atoms with Crippen molar-refractivity contribution in [3.8, 4) is 0 Å². The largest absolute Gasteiger partial charge is 0.389 e. The number of hydrogen-bond donors (Lipinski definition) is 3. The SMILES string of the molecule is C[C@]12CC[C@H]3[C@@H]([C@@H](N)C=C4C[C@@H](O)C=C[C@@]43C)[C@@H]1C=C[C@@H]2O. The molecule has 0 amide bonds. The zero-order valence-electron chi connectivity index (χ0n) is 13.4. The second-order valence-electron chi connectivity index (χ2n) is 8.27. The molecule has 1 fully saturated rings. The van der Waals surface area contributed by atoms with Gasteiger partial charge in [0.25, 0.3) is 0 Å². The highest BCUT2D eigenvalue weighted by Crippen LogP contribution is 2.62. The molecule has 0 bridgehead atoms. The summed E-state index contributed by atoms with van der Waals surface area (Å²) in [7, 11) is 0. The Morgan fingerprint density at radius 3 is 2.73 bits per heavy atom. The quantitative estimate of drug-likeness (QED) is 0.601. The minimum Gasteiger partial charge on any atom is -0.389 e. The Hall–Kier alpha value is -0.900. The third-order valence-electron chi connectivity index (χ3n) is 7.21. The molecule has 3 heteroatoms. The predicted molar refractivity (Wildman–Crippen MR) is 86.9 cm³/mol. The molecule has 120 valence electrons. The fraction of sp³-hybridized carbons (Fsp3) is 0.684. The first-order valence-electron chi connectivity index (χ1n) is 8.57. The normalized spacial score (nSPS) is 56.1. The highest BCUT2D eigenvalue weighted by molar-refractivity contribution is 5.36. The molecule has 0 aromatic rings. The van der Waals surface area contributed by atoms with Gasteiger partial charge in [0.2, 0.25) is 0 Å². The van der Waals surface area contributed by atoms with Crippen LogP contribution in [-0.2, 0) is 0 Å². The average molecular weight is 301 g/mol. The van der Waals surface area contributed by atoms with Gasteiger partial charge < -0.3 is 15.9 Å². The molecule has 22 heavy (non-hydrogen) atoms. The second kappa shape index (κ2) is 4.56. The van der Waals surface area contributed by atoms with Crippen molar-refractivity contribution in [1.29, 1.82) is 0 Å². The van der Waals surface area contributed by atoms with Crippen LogP contribution in [0.1, 0.15) is 33.1 Å². The Labute approximate surface area is 132 Å². The number of fused-ring (bicyclic) bond motifs is 5. The molecule has 0 saturated heterocycles. The molecule has 0 aromatic heterocycles. The summed E-state index contributed by atoms with van der Waals surface area (Å²) in [5.74, 6) is 1.23. The van der Waals surface area contributed by atoms with E-state index < -0.39 is 0 Å². The van der Waals surface area contributed by atoms with Crippen molar-refractivity contribution < 1.29 is 10.2 Å². The van der Waals surface area contributed by atoms with Gasteiger partial charge in [-0.2, -0.15) is 0 Å². The van der Waals surface area contributed by atoms with Gasteiger partial charge in [-0.1, -0.05) is 49.8 Å². The summed E-state index contributed by atoms with van der Waals surface area (Å²) in [5, 5.41) is 20.4. The van der Waals surface area contributed by atoms with Crippen molar-refractivity contribution in [3.63, 3.8) is 0 Å². The Kier molecular flexibility index (Phi) is 3.04. The molecule has 0 radical (unpaired) electrons. The summed E-state index contributed by atoms with van der Waals surface area (Å²) in [6, 6.07) is 0.0198. The maximum absolute atomic E-state index is 10.4. The van der Waals surface area contributed by atoms with Gasteiger partial charge in [-0.25, -0.2) is 0 Å². The summed E-state index contributed by atoms with van der Waals surface area (Å²) >= 11 is 0. The lowest BCUT2D eigenvalue weighted by Gasteiger charge is -2.57. The van der Waals surface area contributed by atoms with E-state index in [1.165, 1.54) is 5.57 Å². The van der Waals surface area contributed by atoms with Gasteiger partial charge in [0.15, 0.2) is 0 Å². The second-order valence-corrected chi connectivity index (χ2v) is 8.27. The van der Waals surface area contributed by atoms with E-state index in [0.29, 0.717) is 24.2 Å². The maximum Gasteiger partial charge on any atom is 0.0780 e. The summed E-state index contributed by atoms with van der Waals surface area (Å²) < 4.78 is 0. The van der Waals surface area contributed by atoms with Gasteiger partial charge in [-0.05, 0) is 37.0 Å². The van der Waals surface area contributed by atoms with Crippen LogP contribution in [-0.4, -0.2) is 28.5 Å². The van der Waals surface area contributed by atoms with Gasteiger partial charge in [-0.15, -0.1) is 0 Å². The smallest absolute Gasteiger partial charge is 0.0780 e. The van der Waals surface area contributed by atoms with Crippen LogP contribution in [0.4, 0.5) is 0 Å². The first-order chi connectivity index (χ1) is 10.4. The van der Waals surface area contributed by atoms with Crippen molar-refractivity contribution in [1.82, 2.24) is 0 Å². The molecule has 0 aromatic carbocycles. The first kappa shape index (κ1) is 14.7. The summed E-state index contributed by atoms with van der Waals surface area (Å²) in [5.41, 5.74) is 7.83. The Bertz CT molecular complexity index is 580. The molecule has 4 aliphatic carbocycles. The minimum atomic E-state index is -0.370. The van der Waals surface area contributed by atoms with Crippen molar-refractivity contribution in [2.45, 2.75) is 51.4 Å². The number of aliphatic hydroxyl groups is 2. The molecule has 0 spiro atoms. The molecule has 4 rings (SSSR count). The Morgan fingerprint density at radius 2 is 1.95 bits per heavy atom. The van der Waals surface area contributed by atoms with E-state index in [1.54, 1.807) is 0 Å². The number of hydrogen-bond acceptors (Lipinski definition) is 3. The molecule has 0 heterocycles. The molecule has 4 N–H and O–H groups in total. The Balaban J connectivity index is 1.78. The van der Waals surface area contributed by atoms with Gasteiger partial charge in [0.1, 0.15) is 0 Å². The van der Waals surface area contributed by atoms with Crippen LogP contribution in [0.3, 0.4) is 0 Å². The van der Waals surface area contributed by atoms with E-state index >= 15 is 0 Å². The molecule has 0 aliphatic heterocycles. The van der Waals surface area contributed by atoms with Gasteiger partial charge in [0, 0.05) is 16.9 Å². The summed E-state index contributed by atoms with van der Waals surface area (Å²) in [4.78, 5) is 0. The van der Waals surface area contributed by atoms with E-state index in [2.05, 4.69) is 32.1 Å². The number of nitrogens with two attached hydrogens (primary N) is 1. The number of aliphatic hydroxyl groups excluding tert-OH is 2. The third-order valence-corrected chi connectivity index (χ3v) is 7.21. The minimum absolute atomic E-state index is 0.0163. The van der Waals surface area contributed by atoms with Crippen molar-refractivity contribution >= 4 is 0 Å². The number of allylic oxidation sites excluding steroid dienone is 2. The summed E-state index contributed by atoms with van der Waals surface area (Å²) in [6.45, 7) is 4.52. The molecule has 4 aliphatic rings. The van der Waals surface area contributed by atoms with Crippen LogP contribution in [0.2, 0.25) is 0 Å². The van der Waals surface area contributed by atoms with Crippen LogP contribution in [0.15, 0.2) is 36.0 Å². The first-order valence-corrected chi connectivity index (χ1v) is 8.57. The van der Waals surface area contributed by atoms with Crippen molar-refractivity contribution in [3.05, 3.63) is 36.0 Å². The zero-order chi connectivity index (χ0) is 15.7. The molecular weight excluding hydrogens is 274 g/mol. The summed E-state index contributed by atoms with van der Waals surface area (Å²) in [6.07, 6.45) is 12.7. The van der Waals surface area contributed by atoms with Crippen LogP contribution < -0.4 is 5.73 Å². The van der Waals surface area contributed by atoms with Gasteiger partial charge >= 0.3 is 0 Å². The lowest BCUT2D eigenvalue weighted by molar-refractivity contribution is -0.0500. The molecule has 0 unspecified atom stereocenters. The highest BCUT2D eigenvalue weighted by atomic mass is 16.3. The number of rotatable bonds is 0. The topological polar surface area (TPSA) is 66.5 Å². The lowest BCUT2D eigenvalue weighted by atomic mass is 9.48. The van der Waals surface area contributed by atoms with Gasteiger partial charge in [-0.3, -0.25) is 0 Å². The van der Waals surface area contributed by atoms with E-state index in [1.807, 2.05) is 12.2 Å². The zero-order valence-corrected chi connectivity index (χ0v) is 13.4. The fourth-order valence-electron chi connectivity index (χ4n) is 5.74. The molecular formula is C19H27NO2. The van der Waals surface area contributed by atoms with Gasteiger partial charge in [0.05, 0.1) is 12.2 Å². The van der Waals surface area contributed by atoms with Crippen LogP contribution in [0.25, 0.3) is 0 Å². The van der Waals surface area contributed by atoms with Crippen LogP contribution in [0.5, 0.6) is 0 Å². The van der Waals surface area contributed by atoms with E-state index in [9.17, 15) is 10.2 Å². The van der Waals surface area contributed by atoms with Crippen molar-refractivity contribution in [2.24, 2.45) is 34.3 Å². The highest BCUT2D eigenvalue weighted by Gasteiger charge is 2.58. The van der Waals surface area contributed by atoms with Crippen LogP contribution >= 0.6 is 0 Å². The molecule has 8 atom stereocenters. The maximum atomic E-state index is 10.4.